The largest absolute Gasteiger partial charge is 0.463 e. The van der Waals surface area contributed by atoms with Crippen molar-refractivity contribution in [1.29, 1.82) is 0 Å². The van der Waals surface area contributed by atoms with Gasteiger partial charge < -0.3 is 79.9 Å². The Kier molecular flexibility index (Phi) is 13.2. The van der Waals surface area contributed by atoms with Crippen LogP contribution in [0.1, 0.15) is 13.8 Å². The SMILES string of the molecule is CC(=O)N[C@H]1[C@H](O[C@H]2[C@@H](O)[C@@H](CO)O[C@@H](O[C@H]3[C@@H](O)[C@@H](CO)O[C@H](Oc4ccc([N+](=O)[O-])cc4)[C@@H]3NC(C)=O)[C@@H]2O)O[C@H](CO)[C@@H](O)[C@@H]1O. The predicted octanol–water partition coefficient (Wildman–Crippen LogP) is -5.29. The highest BCUT2D eigenvalue weighted by atomic mass is 16.7. The van der Waals surface area contributed by atoms with E-state index in [0.29, 0.717) is 0 Å². The van der Waals surface area contributed by atoms with E-state index in [1.165, 1.54) is 12.1 Å². The number of nitro benzene ring substituents is 1. The van der Waals surface area contributed by atoms with Crippen molar-refractivity contribution in [2.75, 3.05) is 19.8 Å². The number of hydrogen-bond donors (Lipinski definition) is 10. The molecule has 0 saturated carbocycles. The predicted molar refractivity (Wildman–Crippen MR) is 156 cm³/mol. The average Bonchev–Trinajstić information content (AvgIpc) is 3.06. The second kappa shape index (κ2) is 16.7. The number of nitrogens with zero attached hydrogens (tertiary/aromatic N) is 1. The highest BCUT2D eigenvalue weighted by molar-refractivity contribution is 5.73. The minimum Gasteiger partial charge on any atom is -0.463 e. The highest BCUT2D eigenvalue weighted by Crippen LogP contribution is 2.33. The van der Waals surface area contributed by atoms with Gasteiger partial charge in [0.25, 0.3) is 5.69 Å². The summed E-state index contributed by atoms with van der Waals surface area (Å²) in [6.07, 6.45) is -21.8. The summed E-state index contributed by atoms with van der Waals surface area (Å²) in [4.78, 5) is 34.6. The number of carbonyl (C=O) groups excluding carboxylic acids is 2. The molecule has 0 spiro atoms. The molecular formula is C28H41N3O18. The van der Waals surface area contributed by atoms with E-state index in [1.54, 1.807) is 0 Å². The molecule has 15 atom stereocenters. The standard InChI is InChI=1S/C28H41N3O18/c1-10(35)29-17-22(40)19(37)14(7-32)45-26(17)49-25-21(39)16(9-34)47-28(23(25)41)48-24-18(30-11(2)36)27(46-15(8-33)20(24)38)44-13-5-3-12(4-6-13)31(42)43/h3-6,14-28,32-34,37-41H,7-9H2,1-2H3,(H,29,35)(H,30,36)/t14-,15-,16-,17-,18-,19-,20+,21+,22-,23-,24-,25+,26+,27+,28+/m1/s1. The maximum atomic E-state index is 12.3. The molecule has 1 aromatic rings. The Hall–Kier alpha value is -3.16. The van der Waals surface area contributed by atoms with Crippen molar-refractivity contribution in [3.63, 3.8) is 0 Å². The van der Waals surface area contributed by atoms with Crippen LogP contribution in [-0.4, -0.2) is 169 Å². The van der Waals surface area contributed by atoms with Crippen LogP contribution in [-0.2, 0) is 33.3 Å². The van der Waals surface area contributed by atoms with Crippen LogP contribution in [0.4, 0.5) is 5.69 Å². The van der Waals surface area contributed by atoms with Crippen molar-refractivity contribution < 1.29 is 83.8 Å². The van der Waals surface area contributed by atoms with Gasteiger partial charge in [-0.1, -0.05) is 0 Å². The number of nitrogens with one attached hydrogen (secondary N) is 2. The van der Waals surface area contributed by atoms with Gasteiger partial charge in [0, 0.05) is 26.0 Å². The molecule has 1 aromatic carbocycles. The van der Waals surface area contributed by atoms with Gasteiger partial charge in [0.05, 0.1) is 24.7 Å². The maximum absolute atomic E-state index is 12.3. The van der Waals surface area contributed by atoms with Gasteiger partial charge in [0.15, 0.2) is 12.6 Å². The van der Waals surface area contributed by atoms with Gasteiger partial charge in [-0.05, 0) is 12.1 Å². The lowest BCUT2D eigenvalue weighted by Gasteiger charge is -2.49. The first-order valence-electron chi connectivity index (χ1n) is 15.2. The van der Waals surface area contributed by atoms with E-state index in [-0.39, 0.29) is 11.4 Å². The first-order valence-corrected chi connectivity index (χ1v) is 15.2. The summed E-state index contributed by atoms with van der Waals surface area (Å²) < 4.78 is 34.4. The summed E-state index contributed by atoms with van der Waals surface area (Å²) in [6, 6.07) is 1.87. The Morgan fingerprint density at radius 1 is 0.694 bits per heavy atom. The summed E-state index contributed by atoms with van der Waals surface area (Å²) in [7, 11) is 0. The van der Waals surface area contributed by atoms with Crippen molar-refractivity contribution >= 4 is 17.5 Å². The summed E-state index contributed by atoms with van der Waals surface area (Å²) in [5.74, 6) is -1.32. The minimum absolute atomic E-state index is 0.0263. The molecule has 0 aromatic heterocycles. The van der Waals surface area contributed by atoms with Crippen LogP contribution < -0.4 is 15.4 Å². The molecule has 3 aliphatic heterocycles. The molecule has 3 saturated heterocycles. The first kappa shape index (κ1) is 38.6. The molecule has 21 nitrogen and oxygen atoms in total. The van der Waals surface area contributed by atoms with Crippen molar-refractivity contribution in [1.82, 2.24) is 10.6 Å². The summed E-state index contributed by atoms with van der Waals surface area (Å²) >= 11 is 0. The van der Waals surface area contributed by atoms with E-state index in [0.717, 1.165) is 26.0 Å². The van der Waals surface area contributed by atoms with Gasteiger partial charge in [0.1, 0.15) is 78.9 Å². The van der Waals surface area contributed by atoms with E-state index in [1.807, 2.05) is 0 Å². The summed E-state index contributed by atoms with van der Waals surface area (Å²) in [5, 5.41) is 100.0. The lowest BCUT2D eigenvalue weighted by Crippen LogP contribution is -2.70. The zero-order valence-corrected chi connectivity index (χ0v) is 26.2. The number of carbonyl (C=O) groups is 2. The van der Waals surface area contributed by atoms with E-state index in [9.17, 15) is 60.6 Å². The number of benzene rings is 1. The highest BCUT2D eigenvalue weighted by Gasteiger charge is 2.54. The fraction of sp³-hybridized carbons (Fsp3) is 0.714. The normalized spacial score (nSPS) is 39.5. The molecule has 4 rings (SSSR count). The van der Waals surface area contributed by atoms with Crippen LogP contribution in [0.5, 0.6) is 5.75 Å². The molecule has 0 bridgehead atoms. The number of rotatable bonds is 12. The Labute approximate surface area is 278 Å². The van der Waals surface area contributed by atoms with Crippen molar-refractivity contribution in [3.05, 3.63) is 34.4 Å². The number of nitro groups is 1. The fourth-order valence-electron chi connectivity index (χ4n) is 5.72. The van der Waals surface area contributed by atoms with E-state index in [4.69, 9.17) is 28.4 Å². The molecule has 3 aliphatic rings. The average molecular weight is 708 g/mol. The molecule has 49 heavy (non-hydrogen) atoms. The number of amides is 2. The van der Waals surface area contributed by atoms with Crippen molar-refractivity contribution in [2.24, 2.45) is 0 Å². The van der Waals surface area contributed by atoms with Gasteiger partial charge in [-0.3, -0.25) is 19.7 Å². The van der Waals surface area contributed by atoms with E-state index >= 15 is 0 Å². The zero-order chi connectivity index (χ0) is 36.2. The maximum Gasteiger partial charge on any atom is 0.269 e. The smallest absolute Gasteiger partial charge is 0.269 e. The number of aliphatic hydroxyl groups excluding tert-OH is 8. The molecular weight excluding hydrogens is 666 g/mol. The monoisotopic (exact) mass is 707 g/mol. The number of non-ortho nitro benzene ring substituents is 1. The lowest BCUT2D eigenvalue weighted by atomic mass is 9.94. The van der Waals surface area contributed by atoms with Crippen molar-refractivity contribution in [3.8, 4) is 5.75 Å². The quantitative estimate of drug-likeness (QED) is 0.0716. The van der Waals surface area contributed by atoms with Gasteiger partial charge in [-0.2, -0.15) is 0 Å². The third-order valence-corrected chi connectivity index (χ3v) is 8.18. The topological polar surface area (TPSA) is 319 Å². The van der Waals surface area contributed by atoms with Crippen LogP contribution in [0.25, 0.3) is 0 Å². The Morgan fingerprint density at radius 2 is 1.16 bits per heavy atom. The Balaban J connectivity index is 1.62. The number of aliphatic hydroxyl groups is 8. The molecule has 0 aliphatic carbocycles. The molecule has 10 N–H and O–H groups in total. The van der Waals surface area contributed by atoms with Crippen LogP contribution in [0.2, 0.25) is 0 Å². The Morgan fingerprint density at radius 3 is 1.69 bits per heavy atom. The molecule has 3 heterocycles. The third-order valence-electron chi connectivity index (χ3n) is 8.18. The van der Waals surface area contributed by atoms with Gasteiger partial charge in [0.2, 0.25) is 18.1 Å². The van der Waals surface area contributed by atoms with Crippen LogP contribution in [0, 0.1) is 10.1 Å². The van der Waals surface area contributed by atoms with Crippen molar-refractivity contribution in [2.45, 2.75) is 106 Å². The second-order valence-electron chi connectivity index (χ2n) is 11.7. The van der Waals surface area contributed by atoms with Crippen LogP contribution >= 0.6 is 0 Å². The molecule has 0 unspecified atom stereocenters. The lowest BCUT2D eigenvalue weighted by molar-refractivity contribution is -0.384. The van der Waals surface area contributed by atoms with Gasteiger partial charge >= 0.3 is 0 Å². The number of ether oxygens (including phenoxy) is 6. The van der Waals surface area contributed by atoms with Gasteiger partial charge in [-0.15, -0.1) is 0 Å². The Bertz CT molecular complexity index is 1280. The van der Waals surface area contributed by atoms with E-state index < -0.39 is 129 Å². The van der Waals surface area contributed by atoms with Crippen LogP contribution in [0.3, 0.4) is 0 Å². The van der Waals surface area contributed by atoms with Gasteiger partial charge in [-0.25, -0.2) is 0 Å². The summed E-state index contributed by atoms with van der Waals surface area (Å²) in [5.41, 5.74) is -0.249. The minimum atomic E-state index is -1.99. The fourth-order valence-corrected chi connectivity index (χ4v) is 5.72. The molecule has 21 heteroatoms. The van der Waals surface area contributed by atoms with Crippen LogP contribution in [0.15, 0.2) is 24.3 Å². The molecule has 2 amide bonds. The third kappa shape index (κ3) is 8.78. The molecule has 276 valence electrons. The van der Waals surface area contributed by atoms with E-state index in [2.05, 4.69) is 10.6 Å². The zero-order valence-electron chi connectivity index (χ0n) is 26.2. The summed E-state index contributed by atoms with van der Waals surface area (Å²) in [6.45, 7) is -0.239. The molecule has 0 radical (unpaired) electrons. The number of hydrogen-bond acceptors (Lipinski definition) is 18. The first-order chi connectivity index (χ1) is 23.2. The molecule has 3 fully saturated rings. The second-order valence-corrected chi connectivity index (χ2v) is 11.7.